The zero-order chi connectivity index (χ0) is 36.0. The van der Waals surface area contributed by atoms with E-state index in [1.165, 1.54) is 17.0 Å². The maximum atomic E-state index is 14.5. The minimum absolute atomic E-state index is 0.0280. The Morgan fingerprint density at radius 3 is 2.68 bits per heavy atom. The molecule has 4 heterocycles. The van der Waals surface area contributed by atoms with E-state index in [-0.39, 0.29) is 54.8 Å². The van der Waals surface area contributed by atoms with Gasteiger partial charge in [0.05, 0.1) is 36.3 Å². The Balaban J connectivity index is 1.38. The second kappa shape index (κ2) is 13.2. The van der Waals surface area contributed by atoms with Gasteiger partial charge < -0.3 is 34.9 Å². The van der Waals surface area contributed by atoms with Crippen molar-refractivity contribution in [2.75, 3.05) is 13.2 Å². The van der Waals surface area contributed by atoms with E-state index < -0.39 is 52.7 Å². The first-order chi connectivity index (χ1) is 23.6. The molecule has 1 aromatic carbocycles. The summed E-state index contributed by atoms with van der Waals surface area (Å²) in [6.45, 7) is 8.60. The summed E-state index contributed by atoms with van der Waals surface area (Å²) in [6, 6.07) is 2.43. The quantitative estimate of drug-likeness (QED) is 0.309. The average Bonchev–Trinajstić information content (AvgIpc) is 3.61. The number of hydrogen-bond donors (Lipinski definition) is 3. The number of allylic oxidation sites excluding steroid dienone is 1. The number of aromatic nitrogens is 1. The standard InChI is InChI=1S/C37H46N4O9/c1-6-48-33(46)37-17-22(37)12-10-8-7-9-11-13-26(39-34(47)50-35(3,4)5)32(45)41-20-36(18-27(41)31(44)40-37)19-28(43)29-24-16-23(42)14-15-25(24)38-21(2)30(29)49-36/h10,12,14-16,22,26-27,42H,6-9,11,13,17-20H2,1-5H3,(H,39,47)(H,40,44)/b12-10-/t22-,26+,27+,36+,37-/m1/s1. The molecule has 0 bridgehead atoms. The number of Topliss-reactive ketones (excluding diaryl/α,β-unsaturated/α-hetero) is 1. The number of aromatic hydroxyl groups is 1. The Morgan fingerprint density at radius 2 is 1.94 bits per heavy atom. The first kappa shape index (κ1) is 35.2. The normalized spacial score (nSPS) is 29.0. The summed E-state index contributed by atoms with van der Waals surface area (Å²) in [6.07, 6.45) is 6.65. The number of nitrogens with one attached hydrogen (secondary N) is 2. The molecule has 0 unspecified atom stereocenters. The first-order valence-corrected chi connectivity index (χ1v) is 17.5. The number of carbonyl (C=O) groups excluding carboxylic acids is 5. The number of rotatable bonds is 3. The van der Waals surface area contributed by atoms with Crippen molar-refractivity contribution < 1.29 is 43.3 Å². The van der Waals surface area contributed by atoms with Crippen LogP contribution in [0.4, 0.5) is 4.79 Å². The molecule has 13 nitrogen and oxygen atoms in total. The molecule has 3 N–H and O–H groups in total. The molecule has 13 heteroatoms. The SMILES string of the molecule is CCOC(=O)[C@@]12C[C@H]1/C=C\CCCCC[C@H](NC(=O)OC(C)(C)C)C(=O)N1C[C@@]3(CC(=O)c4c(c(C)nc5ccc(O)cc45)O3)C[C@H]1C(=O)N2. The maximum absolute atomic E-state index is 14.5. The molecule has 268 valence electrons. The van der Waals surface area contributed by atoms with Crippen LogP contribution < -0.4 is 15.4 Å². The summed E-state index contributed by atoms with van der Waals surface area (Å²) in [5.41, 5.74) is -2.14. The first-order valence-electron chi connectivity index (χ1n) is 17.5. The van der Waals surface area contributed by atoms with E-state index in [9.17, 15) is 29.1 Å². The van der Waals surface area contributed by atoms with Crippen molar-refractivity contribution in [1.29, 1.82) is 0 Å². The van der Waals surface area contributed by atoms with Crippen LogP contribution in [0.15, 0.2) is 30.4 Å². The maximum Gasteiger partial charge on any atom is 0.408 e. The number of ether oxygens (including phenoxy) is 3. The average molecular weight is 691 g/mol. The van der Waals surface area contributed by atoms with E-state index in [1.54, 1.807) is 40.7 Å². The van der Waals surface area contributed by atoms with E-state index in [1.807, 2.05) is 12.2 Å². The lowest BCUT2D eigenvalue weighted by Crippen LogP contribution is -2.57. The molecule has 1 aromatic heterocycles. The highest BCUT2D eigenvalue weighted by atomic mass is 16.6. The Morgan fingerprint density at radius 1 is 1.16 bits per heavy atom. The monoisotopic (exact) mass is 690 g/mol. The number of hydrogen-bond acceptors (Lipinski definition) is 10. The number of carbonyl (C=O) groups is 5. The lowest BCUT2D eigenvalue weighted by atomic mass is 9.86. The summed E-state index contributed by atoms with van der Waals surface area (Å²) >= 11 is 0. The number of ketones is 1. The van der Waals surface area contributed by atoms with Gasteiger partial charge in [-0.3, -0.25) is 14.4 Å². The van der Waals surface area contributed by atoms with Gasteiger partial charge in [-0.05, 0) is 78.5 Å². The van der Waals surface area contributed by atoms with Crippen LogP contribution in [-0.2, 0) is 23.9 Å². The third-order valence-corrected chi connectivity index (χ3v) is 9.88. The number of alkyl carbamates (subject to hydrolysis) is 1. The van der Waals surface area contributed by atoms with Crippen molar-refractivity contribution in [1.82, 2.24) is 20.5 Å². The van der Waals surface area contributed by atoms with Crippen molar-refractivity contribution in [2.45, 2.75) is 115 Å². The summed E-state index contributed by atoms with van der Waals surface area (Å²) in [7, 11) is 0. The summed E-state index contributed by atoms with van der Waals surface area (Å²) in [4.78, 5) is 75.2. The highest BCUT2D eigenvalue weighted by Crippen LogP contribution is 2.48. The van der Waals surface area contributed by atoms with Gasteiger partial charge in [-0.25, -0.2) is 14.6 Å². The summed E-state index contributed by atoms with van der Waals surface area (Å²) in [5, 5.41) is 16.3. The molecular formula is C37H46N4O9. The molecule has 1 saturated heterocycles. The van der Waals surface area contributed by atoms with Gasteiger partial charge in [0, 0.05) is 17.7 Å². The molecule has 50 heavy (non-hydrogen) atoms. The summed E-state index contributed by atoms with van der Waals surface area (Å²) < 4.78 is 17.5. The number of amides is 3. The number of nitrogens with zero attached hydrogens (tertiary/aromatic N) is 2. The number of fused-ring (bicyclic) bond motifs is 5. The number of phenols is 1. The molecular weight excluding hydrogens is 644 g/mol. The minimum Gasteiger partial charge on any atom is -0.508 e. The fourth-order valence-electron chi connectivity index (χ4n) is 7.48. The fourth-order valence-corrected chi connectivity index (χ4v) is 7.48. The van der Waals surface area contributed by atoms with E-state index in [2.05, 4.69) is 15.6 Å². The molecule has 3 aliphatic heterocycles. The van der Waals surface area contributed by atoms with Crippen LogP contribution in [0, 0.1) is 12.8 Å². The molecule has 1 aliphatic carbocycles. The molecule has 6 rings (SSSR count). The van der Waals surface area contributed by atoms with Crippen molar-refractivity contribution >= 4 is 40.6 Å². The lowest BCUT2D eigenvalue weighted by Gasteiger charge is -2.36. The molecule has 2 aromatic rings. The van der Waals surface area contributed by atoms with Gasteiger partial charge in [0.15, 0.2) is 11.5 Å². The fraction of sp³-hybridized carbons (Fsp3) is 0.568. The van der Waals surface area contributed by atoms with Crippen molar-refractivity contribution in [2.24, 2.45) is 5.92 Å². The van der Waals surface area contributed by atoms with Gasteiger partial charge in [-0.1, -0.05) is 25.0 Å². The van der Waals surface area contributed by atoms with Gasteiger partial charge in [0.1, 0.15) is 34.6 Å². The van der Waals surface area contributed by atoms with Crippen LogP contribution >= 0.6 is 0 Å². The number of aryl methyl sites for hydroxylation is 1. The zero-order valence-electron chi connectivity index (χ0n) is 29.3. The third-order valence-electron chi connectivity index (χ3n) is 9.88. The van der Waals surface area contributed by atoms with Crippen LogP contribution in [0.25, 0.3) is 10.9 Å². The highest BCUT2D eigenvalue weighted by molar-refractivity contribution is 6.11. The predicted octanol–water partition coefficient (Wildman–Crippen LogP) is 4.41. The van der Waals surface area contributed by atoms with Crippen molar-refractivity contribution in [3.63, 3.8) is 0 Å². The number of esters is 1. The second-order valence-corrected chi connectivity index (χ2v) is 14.9. The summed E-state index contributed by atoms with van der Waals surface area (Å²) in [5.74, 6) is -1.98. The van der Waals surface area contributed by atoms with Crippen molar-refractivity contribution in [3.8, 4) is 11.5 Å². The highest BCUT2D eigenvalue weighted by Gasteiger charge is 2.63. The number of phenolic OH excluding ortho intramolecular Hbond substituents is 1. The van der Waals surface area contributed by atoms with E-state index >= 15 is 0 Å². The smallest absolute Gasteiger partial charge is 0.408 e. The lowest BCUT2D eigenvalue weighted by molar-refractivity contribution is -0.150. The number of pyridine rings is 1. The Labute approximate surface area is 291 Å². The van der Waals surface area contributed by atoms with Crippen LogP contribution in [0.3, 0.4) is 0 Å². The Kier molecular flexibility index (Phi) is 9.29. The third kappa shape index (κ3) is 6.86. The molecule has 5 atom stereocenters. The second-order valence-electron chi connectivity index (χ2n) is 14.9. The van der Waals surface area contributed by atoms with E-state index in [4.69, 9.17) is 14.2 Å². The molecule has 3 amide bonds. The van der Waals surface area contributed by atoms with Crippen LogP contribution in [0.5, 0.6) is 11.5 Å². The van der Waals surface area contributed by atoms with E-state index in [0.717, 1.165) is 19.3 Å². The Hall–Kier alpha value is -4.68. The zero-order valence-corrected chi connectivity index (χ0v) is 29.3. The van der Waals surface area contributed by atoms with Gasteiger partial charge >= 0.3 is 12.1 Å². The minimum atomic E-state index is -1.31. The molecule has 1 spiro atoms. The largest absolute Gasteiger partial charge is 0.508 e. The molecule has 0 radical (unpaired) electrons. The van der Waals surface area contributed by atoms with Gasteiger partial charge in [0.2, 0.25) is 11.8 Å². The van der Waals surface area contributed by atoms with Gasteiger partial charge in [0.25, 0.3) is 0 Å². The molecule has 4 aliphatic rings. The Bertz CT molecular complexity index is 1770. The molecule has 1 saturated carbocycles. The molecule has 2 fully saturated rings. The van der Waals surface area contributed by atoms with Crippen molar-refractivity contribution in [3.05, 3.63) is 41.6 Å². The van der Waals surface area contributed by atoms with Gasteiger partial charge in [-0.2, -0.15) is 0 Å². The van der Waals surface area contributed by atoms with Crippen LogP contribution in [-0.4, -0.2) is 86.6 Å². The predicted molar refractivity (Wildman–Crippen MR) is 182 cm³/mol. The van der Waals surface area contributed by atoms with Crippen LogP contribution in [0.1, 0.15) is 95.1 Å². The number of benzene rings is 1. The topological polar surface area (TPSA) is 173 Å². The van der Waals surface area contributed by atoms with Crippen LogP contribution in [0.2, 0.25) is 0 Å². The van der Waals surface area contributed by atoms with Gasteiger partial charge in [-0.15, -0.1) is 0 Å². The van der Waals surface area contributed by atoms with E-state index in [0.29, 0.717) is 35.9 Å².